The van der Waals surface area contributed by atoms with Crippen molar-refractivity contribution in [1.29, 1.82) is 0 Å². The zero-order valence-electron chi connectivity index (χ0n) is 12.1. The number of thiazole rings is 1. The quantitative estimate of drug-likeness (QED) is 0.859. The molecule has 6 nitrogen and oxygen atoms in total. The standard InChI is InChI=1S/C14H16N2O4S/c1-4-10-12(13(18)19-3)21-14(15-10)16-11(17)7-9-6-5-8(2)20-9/h5-6H,4,7H2,1-3H3,(H,15,16,17). The van der Waals surface area contributed by atoms with E-state index in [2.05, 4.69) is 10.3 Å². The zero-order valence-corrected chi connectivity index (χ0v) is 12.9. The molecular formula is C14H16N2O4S. The normalized spacial score (nSPS) is 10.4. The number of hydrogen-bond donors (Lipinski definition) is 1. The van der Waals surface area contributed by atoms with E-state index in [1.54, 1.807) is 12.1 Å². The number of hydrogen-bond acceptors (Lipinski definition) is 6. The molecule has 2 aromatic rings. The number of rotatable bonds is 5. The molecule has 1 N–H and O–H groups in total. The van der Waals surface area contributed by atoms with Crippen molar-refractivity contribution in [1.82, 2.24) is 4.98 Å². The molecule has 2 aromatic heterocycles. The number of carbonyl (C=O) groups is 2. The number of nitrogens with one attached hydrogen (secondary N) is 1. The molecule has 2 rings (SSSR count). The summed E-state index contributed by atoms with van der Waals surface area (Å²) in [5, 5.41) is 3.06. The first kappa shape index (κ1) is 15.2. The minimum absolute atomic E-state index is 0.127. The Morgan fingerprint density at radius 3 is 2.76 bits per heavy atom. The predicted molar refractivity (Wildman–Crippen MR) is 78.6 cm³/mol. The molecule has 0 aliphatic carbocycles. The molecule has 0 fully saturated rings. The van der Waals surface area contributed by atoms with Gasteiger partial charge in [0.05, 0.1) is 19.2 Å². The molecule has 0 atom stereocenters. The van der Waals surface area contributed by atoms with E-state index in [1.165, 1.54) is 7.11 Å². The molecule has 0 saturated carbocycles. The van der Waals surface area contributed by atoms with Crippen LogP contribution in [-0.4, -0.2) is 24.0 Å². The van der Waals surface area contributed by atoms with Crippen LogP contribution in [0.15, 0.2) is 16.5 Å². The summed E-state index contributed by atoms with van der Waals surface area (Å²) >= 11 is 1.11. The van der Waals surface area contributed by atoms with Crippen LogP contribution in [0.5, 0.6) is 0 Å². The lowest BCUT2D eigenvalue weighted by Crippen LogP contribution is -2.13. The van der Waals surface area contributed by atoms with E-state index in [-0.39, 0.29) is 12.3 Å². The van der Waals surface area contributed by atoms with Crippen LogP contribution < -0.4 is 5.32 Å². The first-order valence-electron chi connectivity index (χ1n) is 6.46. The molecule has 21 heavy (non-hydrogen) atoms. The average molecular weight is 308 g/mol. The molecular weight excluding hydrogens is 292 g/mol. The molecule has 0 aromatic carbocycles. The third-order valence-corrected chi connectivity index (χ3v) is 3.77. The van der Waals surface area contributed by atoms with E-state index < -0.39 is 5.97 Å². The Hall–Kier alpha value is -2.15. The van der Waals surface area contributed by atoms with Gasteiger partial charge in [-0.25, -0.2) is 9.78 Å². The lowest BCUT2D eigenvalue weighted by Gasteiger charge is -1.98. The number of furan rings is 1. The van der Waals surface area contributed by atoms with E-state index in [9.17, 15) is 9.59 Å². The van der Waals surface area contributed by atoms with Crippen molar-refractivity contribution in [3.05, 3.63) is 34.2 Å². The van der Waals surface area contributed by atoms with Gasteiger partial charge in [0.25, 0.3) is 0 Å². The highest BCUT2D eigenvalue weighted by Crippen LogP contribution is 2.24. The van der Waals surface area contributed by atoms with Crippen LogP contribution in [0.25, 0.3) is 0 Å². The van der Waals surface area contributed by atoms with Gasteiger partial charge in [-0.15, -0.1) is 0 Å². The Bertz CT molecular complexity index is 660. The summed E-state index contributed by atoms with van der Waals surface area (Å²) < 4.78 is 10.0. The van der Waals surface area contributed by atoms with E-state index in [4.69, 9.17) is 9.15 Å². The lowest BCUT2D eigenvalue weighted by atomic mass is 10.3. The van der Waals surface area contributed by atoms with Gasteiger partial charge in [0, 0.05) is 0 Å². The van der Waals surface area contributed by atoms with Crippen LogP contribution in [0, 0.1) is 6.92 Å². The summed E-state index contributed by atoms with van der Waals surface area (Å²) in [6, 6.07) is 3.56. The zero-order chi connectivity index (χ0) is 15.4. The first-order valence-corrected chi connectivity index (χ1v) is 7.28. The number of amides is 1. The third kappa shape index (κ3) is 3.69. The molecule has 1 amide bonds. The fourth-order valence-electron chi connectivity index (χ4n) is 1.80. The highest BCUT2D eigenvalue weighted by atomic mass is 32.1. The van der Waals surface area contributed by atoms with Gasteiger partial charge in [0.15, 0.2) is 5.13 Å². The van der Waals surface area contributed by atoms with Gasteiger partial charge in [0.2, 0.25) is 5.91 Å². The van der Waals surface area contributed by atoms with Crippen LogP contribution in [0.4, 0.5) is 5.13 Å². The molecule has 0 aliphatic rings. The molecule has 0 aliphatic heterocycles. The summed E-state index contributed by atoms with van der Waals surface area (Å²) in [6.45, 7) is 3.71. The second-order valence-corrected chi connectivity index (χ2v) is 5.38. The van der Waals surface area contributed by atoms with Crippen molar-refractivity contribution in [3.8, 4) is 0 Å². The molecule has 0 unspecified atom stereocenters. The van der Waals surface area contributed by atoms with Crippen molar-refractivity contribution in [2.45, 2.75) is 26.7 Å². The second-order valence-electron chi connectivity index (χ2n) is 4.38. The SMILES string of the molecule is CCc1nc(NC(=O)Cc2ccc(C)o2)sc1C(=O)OC. The van der Waals surface area contributed by atoms with E-state index in [1.807, 2.05) is 13.8 Å². The van der Waals surface area contributed by atoms with Crippen LogP contribution in [0.3, 0.4) is 0 Å². The van der Waals surface area contributed by atoms with E-state index in [0.29, 0.717) is 27.9 Å². The van der Waals surface area contributed by atoms with Gasteiger partial charge >= 0.3 is 5.97 Å². The maximum absolute atomic E-state index is 11.9. The van der Waals surface area contributed by atoms with Crippen molar-refractivity contribution in [3.63, 3.8) is 0 Å². The predicted octanol–water partition coefficient (Wildman–Crippen LogP) is 2.57. The van der Waals surface area contributed by atoms with E-state index in [0.717, 1.165) is 17.1 Å². The second kappa shape index (κ2) is 6.53. The topological polar surface area (TPSA) is 81.4 Å². The lowest BCUT2D eigenvalue weighted by molar-refractivity contribution is -0.115. The van der Waals surface area contributed by atoms with Gasteiger partial charge in [-0.3, -0.25) is 4.79 Å². The molecule has 0 bridgehead atoms. The summed E-state index contributed by atoms with van der Waals surface area (Å²) in [5.74, 6) is 0.669. The Morgan fingerprint density at radius 1 is 1.43 bits per heavy atom. The summed E-state index contributed by atoms with van der Waals surface area (Å²) in [7, 11) is 1.32. The van der Waals surface area contributed by atoms with Crippen molar-refractivity contribution in [2.75, 3.05) is 12.4 Å². The number of methoxy groups -OCH3 is 1. The largest absolute Gasteiger partial charge is 0.466 e. The van der Waals surface area contributed by atoms with Gasteiger partial charge in [-0.2, -0.15) is 0 Å². The summed E-state index contributed by atoms with van der Waals surface area (Å²) in [5.41, 5.74) is 0.621. The summed E-state index contributed by atoms with van der Waals surface area (Å²) in [6.07, 6.45) is 0.719. The number of anilines is 1. The highest BCUT2D eigenvalue weighted by molar-refractivity contribution is 7.17. The number of esters is 1. The van der Waals surface area contributed by atoms with Crippen molar-refractivity contribution < 1.29 is 18.7 Å². The molecule has 0 radical (unpaired) electrons. The molecule has 112 valence electrons. The Labute approximate surface area is 126 Å². The maximum atomic E-state index is 11.9. The minimum Gasteiger partial charge on any atom is -0.466 e. The number of aromatic nitrogens is 1. The minimum atomic E-state index is -0.438. The van der Waals surface area contributed by atoms with Crippen molar-refractivity contribution in [2.24, 2.45) is 0 Å². The average Bonchev–Trinajstić information content (AvgIpc) is 3.04. The number of aryl methyl sites for hydroxylation is 2. The third-order valence-electron chi connectivity index (χ3n) is 2.78. The first-order chi connectivity index (χ1) is 10.0. The summed E-state index contributed by atoms with van der Waals surface area (Å²) in [4.78, 5) is 28.2. The highest BCUT2D eigenvalue weighted by Gasteiger charge is 2.18. The van der Waals surface area contributed by atoms with Crippen LogP contribution >= 0.6 is 11.3 Å². The Morgan fingerprint density at radius 2 is 2.19 bits per heavy atom. The molecule has 7 heteroatoms. The van der Waals surface area contributed by atoms with Crippen molar-refractivity contribution >= 4 is 28.3 Å². The Kier molecular flexibility index (Phi) is 4.74. The van der Waals surface area contributed by atoms with Gasteiger partial charge < -0.3 is 14.5 Å². The van der Waals surface area contributed by atoms with Crippen LogP contribution in [-0.2, 0) is 22.4 Å². The maximum Gasteiger partial charge on any atom is 0.350 e. The monoisotopic (exact) mass is 308 g/mol. The number of ether oxygens (including phenoxy) is 1. The van der Waals surface area contributed by atoms with Crippen LogP contribution in [0.2, 0.25) is 0 Å². The Balaban J connectivity index is 2.07. The molecule has 0 saturated heterocycles. The van der Waals surface area contributed by atoms with E-state index >= 15 is 0 Å². The number of nitrogens with zero attached hydrogens (tertiary/aromatic N) is 1. The fraction of sp³-hybridized carbons (Fsp3) is 0.357. The smallest absolute Gasteiger partial charge is 0.350 e. The van der Waals surface area contributed by atoms with Gasteiger partial charge in [0.1, 0.15) is 16.4 Å². The fourth-order valence-corrected chi connectivity index (χ4v) is 2.79. The van der Waals surface area contributed by atoms with Crippen LogP contribution in [0.1, 0.15) is 33.8 Å². The molecule has 2 heterocycles. The number of carbonyl (C=O) groups excluding carboxylic acids is 2. The van der Waals surface area contributed by atoms with Gasteiger partial charge in [-0.05, 0) is 25.5 Å². The molecule has 0 spiro atoms. The van der Waals surface area contributed by atoms with Gasteiger partial charge in [-0.1, -0.05) is 18.3 Å².